The van der Waals surface area contributed by atoms with E-state index in [4.69, 9.17) is 9.47 Å². The molecule has 2 aromatic rings. The van der Waals surface area contributed by atoms with Crippen LogP contribution in [0.3, 0.4) is 0 Å². The Balaban J connectivity index is 1.75. The van der Waals surface area contributed by atoms with Gasteiger partial charge in [-0.25, -0.2) is 0 Å². The van der Waals surface area contributed by atoms with Gasteiger partial charge in [0.2, 0.25) is 0 Å². The Morgan fingerprint density at radius 2 is 1.95 bits per heavy atom. The Labute approximate surface area is 124 Å². The van der Waals surface area contributed by atoms with E-state index in [1.807, 2.05) is 24.7 Å². The predicted molar refractivity (Wildman–Crippen MR) is 82.1 cm³/mol. The van der Waals surface area contributed by atoms with Crippen molar-refractivity contribution in [2.75, 3.05) is 18.5 Å². The molecule has 1 aromatic carbocycles. The largest absolute Gasteiger partial charge is 0.490 e. The van der Waals surface area contributed by atoms with Gasteiger partial charge in [0.15, 0.2) is 11.5 Å². The summed E-state index contributed by atoms with van der Waals surface area (Å²) < 4.78 is 13.3. The second-order valence-electron chi connectivity index (χ2n) is 5.35. The zero-order chi connectivity index (χ0) is 14.8. The van der Waals surface area contributed by atoms with Crippen molar-refractivity contribution in [1.82, 2.24) is 9.78 Å². The average Bonchev–Trinajstić information content (AvgIpc) is 2.66. The first-order chi connectivity index (χ1) is 10.1. The second-order valence-corrected chi connectivity index (χ2v) is 5.35. The van der Waals surface area contributed by atoms with Crippen LogP contribution in [-0.2, 0) is 13.6 Å². The van der Waals surface area contributed by atoms with E-state index in [2.05, 4.69) is 29.5 Å². The molecular formula is C16H21N3O2. The molecule has 1 aromatic heterocycles. The number of benzene rings is 1. The van der Waals surface area contributed by atoms with Gasteiger partial charge >= 0.3 is 0 Å². The third-order valence-corrected chi connectivity index (χ3v) is 3.79. The highest BCUT2D eigenvalue weighted by atomic mass is 16.5. The van der Waals surface area contributed by atoms with Crippen molar-refractivity contribution in [3.63, 3.8) is 0 Å². The molecule has 0 fully saturated rings. The molecule has 1 N–H and O–H groups in total. The molecule has 0 unspecified atom stereocenters. The Kier molecular flexibility index (Phi) is 3.73. The number of ether oxygens (including phenoxy) is 2. The Bertz CT molecular complexity index is 649. The number of rotatable bonds is 3. The van der Waals surface area contributed by atoms with E-state index in [0.29, 0.717) is 6.61 Å². The fourth-order valence-electron chi connectivity index (χ4n) is 2.54. The Morgan fingerprint density at radius 3 is 2.67 bits per heavy atom. The minimum atomic E-state index is 0.713. The van der Waals surface area contributed by atoms with Crippen LogP contribution >= 0.6 is 0 Å². The van der Waals surface area contributed by atoms with Crippen LogP contribution in [0, 0.1) is 13.8 Å². The van der Waals surface area contributed by atoms with Crippen molar-refractivity contribution in [3.05, 3.63) is 35.2 Å². The molecule has 1 aliphatic rings. The lowest BCUT2D eigenvalue weighted by Crippen LogP contribution is -2.02. The summed E-state index contributed by atoms with van der Waals surface area (Å²) >= 11 is 0. The quantitative estimate of drug-likeness (QED) is 0.943. The summed E-state index contributed by atoms with van der Waals surface area (Å²) in [5.41, 5.74) is 4.43. The topological polar surface area (TPSA) is 48.3 Å². The maximum Gasteiger partial charge on any atom is 0.161 e. The van der Waals surface area contributed by atoms with Gasteiger partial charge in [0.1, 0.15) is 0 Å². The normalized spacial score (nSPS) is 13.9. The van der Waals surface area contributed by atoms with Crippen molar-refractivity contribution in [1.29, 1.82) is 0 Å². The van der Waals surface area contributed by atoms with Crippen molar-refractivity contribution in [3.8, 4) is 11.5 Å². The molecule has 0 amide bonds. The fourth-order valence-corrected chi connectivity index (χ4v) is 2.54. The first-order valence-electron chi connectivity index (χ1n) is 7.28. The number of hydrogen-bond donors (Lipinski definition) is 1. The third kappa shape index (κ3) is 2.82. The van der Waals surface area contributed by atoms with Gasteiger partial charge in [0.05, 0.1) is 30.3 Å². The van der Waals surface area contributed by atoms with Crippen LogP contribution in [-0.4, -0.2) is 23.0 Å². The monoisotopic (exact) mass is 287 g/mol. The summed E-state index contributed by atoms with van der Waals surface area (Å²) in [6.45, 7) is 6.26. The van der Waals surface area contributed by atoms with Crippen LogP contribution in [0.15, 0.2) is 18.2 Å². The number of hydrogen-bond acceptors (Lipinski definition) is 4. The standard InChI is InChI=1S/C16H21N3O2/c1-11-16(12(2)19(3)18-11)17-10-13-5-6-14-15(9-13)21-8-4-7-20-14/h5-6,9,17H,4,7-8,10H2,1-3H3. The minimum absolute atomic E-state index is 0.713. The van der Waals surface area contributed by atoms with Crippen molar-refractivity contribution >= 4 is 5.69 Å². The highest BCUT2D eigenvalue weighted by Crippen LogP contribution is 2.30. The number of aromatic nitrogens is 2. The molecule has 3 rings (SSSR count). The lowest BCUT2D eigenvalue weighted by atomic mass is 10.2. The first-order valence-corrected chi connectivity index (χ1v) is 7.28. The lowest BCUT2D eigenvalue weighted by molar-refractivity contribution is 0.297. The van der Waals surface area contributed by atoms with Gasteiger partial charge in [-0.15, -0.1) is 0 Å². The van der Waals surface area contributed by atoms with Gasteiger partial charge in [-0.3, -0.25) is 4.68 Å². The molecule has 0 aliphatic carbocycles. The van der Waals surface area contributed by atoms with Gasteiger partial charge in [-0.05, 0) is 31.5 Å². The van der Waals surface area contributed by atoms with Gasteiger partial charge in [0.25, 0.3) is 0 Å². The van der Waals surface area contributed by atoms with E-state index >= 15 is 0 Å². The zero-order valence-corrected chi connectivity index (χ0v) is 12.8. The number of nitrogens with one attached hydrogen (secondary N) is 1. The number of anilines is 1. The van der Waals surface area contributed by atoms with Crippen LogP contribution < -0.4 is 14.8 Å². The lowest BCUT2D eigenvalue weighted by Gasteiger charge is -2.11. The maximum atomic E-state index is 5.72. The summed E-state index contributed by atoms with van der Waals surface area (Å²) in [6.07, 6.45) is 0.927. The Hall–Kier alpha value is -2.17. The molecule has 1 aliphatic heterocycles. The van der Waals surface area contributed by atoms with E-state index in [1.54, 1.807) is 0 Å². The SMILES string of the molecule is Cc1nn(C)c(C)c1NCc1ccc2c(c1)OCCCO2. The molecule has 5 heteroatoms. The molecule has 0 saturated heterocycles. The summed E-state index contributed by atoms with van der Waals surface area (Å²) in [4.78, 5) is 0. The highest BCUT2D eigenvalue weighted by Gasteiger charge is 2.12. The van der Waals surface area contributed by atoms with Gasteiger partial charge in [0, 0.05) is 20.0 Å². The molecular weight excluding hydrogens is 266 g/mol. The van der Waals surface area contributed by atoms with Crippen molar-refractivity contribution in [2.24, 2.45) is 7.05 Å². The van der Waals surface area contributed by atoms with Gasteiger partial charge < -0.3 is 14.8 Å². The van der Waals surface area contributed by atoms with Gasteiger partial charge in [-0.1, -0.05) is 6.07 Å². The highest BCUT2D eigenvalue weighted by molar-refractivity contribution is 5.53. The van der Waals surface area contributed by atoms with Crippen LogP contribution in [0.5, 0.6) is 11.5 Å². The van der Waals surface area contributed by atoms with Crippen molar-refractivity contribution < 1.29 is 9.47 Å². The minimum Gasteiger partial charge on any atom is -0.490 e. The molecule has 0 atom stereocenters. The maximum absolute atomic E-state index is 5.72. The average molecular weight is 287 g/mol. The van der Waals surface area contributed by atoms with E-state index in [0.717, 1.165) is 48.1 Å². The van der Waals surface area contributed by atoms with E-state index in [-0.39, 0.29) is 0 Å². The van der Waals surface area contributed by atoms with E-state index in [1.165, 1.54) is 5.56 Å². The predicted octanol–water partition coefficient (Wildman–Crippen LogP) is 2.81. The molecule has 5 nitrogen and oxygen atoms in total. The molecule has 0 radical (unpaired) electrons. The number of fused-ring (bicyclic) bond motifs is 1. The molecule has 2 heterocycles. The van der Waals surface area contributed by atoms with E-state index in [9.17, 15) is 0 Å². The molecule has 112 valence electrons. The van der Waals surface area contributed by atoms with Crippen LogP contribution in [0.1, 0.15) is 23.4 Å². The molecule has 0 saturated carbocycles. The summed E-state index contributed by atoms with van der Waals surface area (Å²) in [6, 6.07) is 6.11. The second kappa shape index (κ2) is 5.68. The molecule has 21 heavy (non-hydrogen) atoms. The fraction of sp³-hybridized carbons (Fsp3) is 0.438. The summed E-state index contributed by atoms with van der Waals surface area (Å²) in [7, 11) is 1.96. The van der Waals surface area contributed by atoms with E-state index < -0.39 is 0 Å². The van der Waals surface area contributed by atoms with Gasteiger partial charge in [-0.2, -0.15) is 5.10 Å². The van der Waals surface area contributed by atoms with Crippen LogP contribution in [0.25, 0.3) is 0 Å². The zero-order valence-electron chi connectivity index (χ0n) is 12.8. The Morgan fingerprint density at radius 1 is 1.19 bits per heavy atom. The third-order valence-electron chi connectivity index (χ3n) is 3.79. The smallest absolute Gasteiger partial charge is 0.161 e. The summed E-state index contributed by atoms with van der Waals surface area (Å²) in [5, 5.41) is 7.88. The van der Waals surface area contributed by atoms with Crippen LogP contribution in [0.4, 0.5) is 5.69 Å². The van der Waals surface area contributed by atoms with Crippen molar-refractivity contribution in [2.45, 2.75) is 26.8 Å². The van der Waals surface area contributed by atoms with Crippen LogP contribution in [0.2, 0.25) is 0 Å². The first kappa shape index (κ1) is 13.8. The number of nitrogens with zero attached hydrogens (tertiary/aromatic N) is 2. The number of aryl methyl sites for hydroxylation is 2. The summed E-state index contributed by atoms with van der Waals surface area (Å²) in [5.74, 6) is 1.68. The molecule has 0 spiro atoms. The molecule has 0 bridgehead atoms.